The monoisotopic (exact) mass is 283 g/mol. The van der Waals surface area contributed by atoms with Crippen LogP contribution in [0.2, 0.25) is 5.02 Å². The van der Waals surface area contributed by atoms with E-state index in [0.717, 1.165) is 0 Å². The summed E-state index contributed by atoms with van der Waals surface area (Å²) in [6, 6.07) is 9.03. The summed E-state index contributed by atoms with van der Waals surface area (Å²) >= 11 is 5.62. The van der Waals surface area contributed by atoms with Crippen molar-refractivity contribution in [3.8, 4) is 5.75 Å². The molecule has 0 aliphatic heterocycles. The second-order valence-corrected chi connectivity index (χ2v) is 4.38. The van der Waals surface area contributed by atoms with Gasteiger partial charge in [0.2, 0.25) is 0 Å². The fraction of sp³-hybridized carbons (Fsp3) is 0.143. The van der Waals surface area contributed by atoms with Gasteiger partial charge in [-0.1, -0.05) is 29.8 Å². The molecule has 2 nitrogen and oxygen atoms in total. The first kappa shape index (κ1) is 13.8. The molecule has 2 N–H and O–H groups in total. The Morgan fingerprint density at radius 3 is 2.63 bits per heavy atom. The van der Waals surface area contributed by atoms with Crippen molar-refractivity contribution < 1.29 is 13.5 Å². The van der Waals surface area contributed by atoms with Crippen molar-refractivity contribution in [2.24, 2.45) is 5.73 Å². The zero-order valence-electron chi connectivity index (χ0n) is 10.00. The van der Waals surface area contributed by atoms with Gasteiger partial charge in [0.05, 0.1) is 5.02 Å². The van der Waals surface area contributed by atoms with Crippen molar-refractivity contribution >= 4 is 11.6 Å². The Morgan fingerprint density at radius 1 is 1.16 bits per heavy atom. The topological polar surface area (TPSA) is 35.2 Å². The van der Waals surface area contributed by atoms with Gasteiger partial charge in [-0.2, -0.15) is 0 Å². The van der Waals surface area contributed by atoms with E-state index in [0.29, 0.717) is 11.1 Å². The number of ether oxygens (including phenoxy) is 1. The smallest absolute Gasteiger partial charge is 0.183 e. The average molecular weight is 284 g/mol. The van der Waals surface area contributed by atoms with Crippen LogP contribution in [-0.2, 0) is 13.2 Å². The second-order valence-electron chi connectivity index (χ2n) is 3.97. The Kier molecular flexibility index (Phi) is 4.35. The summed E-state index contributed by atoms with van der Waals surface area (Å²) in [4.78, 5) is 0. The molecule has 0 saturated heterocycles. The quantitative estimate of drug-likeness (QED) is 0.929. The fourth-order valence-electron chi connectivity index (χ4n) is 1.59. The minimum Gasteiger partial charge on any atom is -0.486 e. The number of hydrogen-bond acceptors (Lipinski definition) is 2. The maximum atomic E-state index is 13.7. The molecule has 0 spiro atoms. The number of rotatable bonds is 4. The fourth-order valence-corrected chi connectivity index (χ4v) is 1.75. The Bertz CT molecular complexity index is 590. The van der Waals surface area contributed by atoms with Crippen LogP contribution in [0.3, 0.4) is 0 Å². The molecule has 100 valence electrons. The molecular formula is C14H12ClF2NO. The van der Waals surface area contributed by atoms with Crippen molar-refractivity contribution in [3.63, 3.8) is 0 Å². The van der Waals surface area contributed by atoms with Crippen LogP contribution in [0.1, 0.15) is 11.1 Å². The summed E-state index contributed by atoms with van der Waals surface area (Å²) in [7, 11) is 0. The molecule has 0 heterocycles. The molecule has 19 heavy (non-hydrogen) atoms. The Morgan fingerprint density at radius 2 is 1.95 bits per heavy atom. The number of hydrogen-bond donors (Lipinski definition) is 1. The molecule has 0 unspecified atom stereocenters. The molecule has 0 aliphatic rings. The standard InChI is InChI=1S/C14H12ClF2NO/c15-11-2-1-3-13(14(11)17)19-8-10-5-4-9(7-18)6-12(10)16/h1-6H,7-8,18H2. The highest BCUT2D eigenvalue weighted by Crippen LogP contribution is 2.25. The van der Waals surface area contributed by atoms with E-state index in [1.165, 1.54) is 18.2 Å². The van der Waals surface area contributed by atoms with Gasteiger partial charge in [0.25, 0.3) is 0 Å². The summed E-state index contributed by atoms with van der Waals surface area (Å²) in [6.45, 7) is 0.189. The predicted octanol–water partition coefficient (Wildman–Crippen LogP) is 3.66. The van der Waals surface area contributed by atoms with Gasteiger partial charge in [-0.15, -0.1) is 0 Å². The number of halogens is 3. The summed E-state index contributed by atoms with van der Waals surface area (Å²) in [5.74, 6) is -1.08. The van der Waals surface area contributed by atoms with Gasteiger partial charge in [-0.3, -0.25) is 0 Å². The first-order chi connectivity index (χ1) is 9.11. The molecule has 5 heteroatoms. The first-order valence-electron chi connectivity index (χ1n) is 5.66. The van der Waals surface area contributed by atoms with E-state index in [1.807, 2.05) is 0 Å². The number of benzene rings is 2. The molecule has 0 aliphatic carbocycles. The lowest BCUT2D eigenvalue weighted by Gasteiger charge is -2.09. The molecule has 0 fully saturated rings. The van der Waals surface area contributed by atoms with Crippen LogP contribution in [0.5, 0.6) is 5.75 Å². The van der Waals surface area contributed by atoms with E-state index >= 15 is 0 Å². The maximum absolute atomic E-state index is 13.7. The molecule has 0 radical (unpaired) electrons. The lowest BCUT2D eigenvalue weighted by molar-refractivity contribution is 0.285. The molecule has 0 atom stereocenters. The van der Waals surface area contributed by atoms with Crippen LogP contribution < -0.4 is 10.5 Å². The van der Waals surface area contributed by atoms with E-state index in [9.17, 15) is 8.78 Å². The van der Waals surface area contributed by atoms with E-state index in [1.54, 1.807) is 18.2 Å². The molecule has 2 rings (SSSR count). The van der Waals surface area contributed by atoms with E-state index < -0.39 is 11.6 Å². The molecule has 0 bridgehead atoms. The van der Waals surface area contributed by atoms with Crippen molar-refractivity contribution in [2.75, 3.05) is 0 Å². The summed E-state index contributed by atoms with van der Waals surface area (Å²) < 4.78 is 32.4. The summed E-state index contributed by atoms with van der Waals surface area (Å²) in [5.41, 5.74) is 6.43. The van der Waals surface area contributed by atoms with Crippen LogP contribution in [0.25, 0.3) is 0 Å². The maximum Gasteiger partial charge on any atom is 0.183 e. The van der Waals surface area contributed by atoms with Gasteiger partial charge >= 0.3 is 0 Å². The minimum atomic E-state index is -0.650. The SMILES string of the molecule is NCc1ccc(COc2cccc(Cl)c2F)c(F)c1. The van der Waals surface area contributed by atoms with Gasteiger partial charge in [-0.25, -0.2) is 8.78 Å². The second kappa shape index (κ2) is 5.99. The average Bonchev–Trinajstić information content (AvgIpc) is 2.41. The lowest BCUT2D eigenvalue weighted by Crippen LogP contribution is -2.03. The normalized spacial score (nSPS) is 10.5. The third kappa shape index (κ3) is 3.22. The Balaban J connectivity index is 2.12. The van der Waals surface area contributed by atoms with Crippen molar-refractivity contribution in [3.05, 3.63) is 64.2 Å². The van der Waals surface area contributed by atoms with Crippen LogP contribution in [0.4, 0.5) is 8.78 Å². The van der Waals surface area contributed by atoms with E-state index in [4.69, 9.17) is 22.1 Å². The van der Waals surface area contributed by atoms with Gasteiger partial charge < -0.3 is 10.5 Å². The predicted molar refractivity (Wildman–Crippen MR) is 70.0 cm³/mol. The van der Waals surface area contributed by atoms with E-state index in [2.05, 4.69) is 0 Å². The largest absolute Gasteiger partial charge is 0.486 e. The summed E-state index contributed by atoms with van der Waals surface area (Å²) in [6.07, 6.45) is 0. The van der Waals surface area contributed by atoms with Crippen LogP contribution in [-0.4, -0.2) is 0 Å². The zero-order chi connectivity index (χ0) is 13.8. The Hall–Kier alpha value is -1.65. The molecule has 0 aromatic heterocycles. The molecule has 2 aromatic carbocycles. The molecule has 0 saturated carbocycles. The van der Waals surface area contributed by atoms with Crippen molar-refractivity contribution in [1.82, 2.24) is 0 Å². The Labute approximate surface area is 114 Å². The van der Waals surface area contributed by atoms with Crippen LogP contribution >= 0.6 is 11.6 Å². The first-order valence-corrected chi connectivity index (χ1v) is 6.04. The molecule has 2 aromatic rings. The minimum absolute atomic E-state index is 0.00481. The highest BCUT2D eigenvalue weighted by molar-refractivity contribution is 6.30. The zero-order valence-corrected chi connectivity index (χ0v) is 10.8. The van der Waals surface area contributed by atoms with Gasteiger partial charge in [0.1, 0.15) is 12.4 Å². The molecular weight excluding hydrogens is 272 g/mol. The van der Waals surface area contributed by atoms with Gasteiger partial charge in [0, 0.05) is 12.1 Å². The molecule has 0 amide bonds. The van der Waals surface area contributed by atoms with Gasteiger partial charge in [0.15, 0.2) is 11.6 Å². The van der Waals surface area contributed by atoms with Crippen LogP contribution in [0.15, 0.2) is 36.4 Å². The third-order valence-electron chi connectivity index (χ3n) is 2.65. The third-order valence-corrected chi connectivity index (χ3v) is 2.94. The number of nitrogens with two attached hydrogens (primary N) is 1. The van der Waals surface area contributed by atoms with Crippen molar-refractivity contribution in [2.45, 2.75) is 13.2 Å². The van der Waals surface area contributed by atoms with Crippen molar-refractivity contribution in [1.29, 1.82) is 0 Å². The summed E-state index contributed by atoms with van der Waals surface area (Å²) in [5, 5.41) is -0.0311. The van der Waals surface area contributed by atoms with Crippen LogP contribution in [0, 0.1) is 11.6 Å². The van der Waals surface area contributed by atoms with E-state index in [-0.39, 0.29) is 23.9 Å². The lowest BCUT2D eigenvalue weighted by atomic mass is 10.1. The highest BCUT2D eigenvalue weighted by atomic mass is 35.5. The highest BCUT2D eigenvalue weighted by Gasteiger charge is 2.09. The van der Waals surface area contributed by atoms with Gasteiger partial charge in [-0.05, 0) is 23.8 Å².